The monoisotopic (exact) mass is 349 g/mol. The fourth-order valence-electron chi connectivity index (χ4n) is 2.81. The van der Waals surface area contributed by atoms with Gasteiger partial charge in [0.2, 0.25) is 0 Å². The van der Waals surface area contributed by atoms with Crippen molar-refractivity contribution in [2.45, 2.75) is 32.4 Å². The third kappa shape index (κ3) is 4.69. The van der Waals surface area contributed by atoms with Gasteiger partial charge in [-0.2, -0.15) is 0 Å². The van der Waals surface area contributed by atoms with Crippen LogP contribution in [0.4, 0.5) is 10.5 Å². The molecular formula is C20H23N5O. The van der Waals surface area contributed by atoms with Gasteiger partial charge in [-0.15, -0.1) is 10.2 Å². The lowest BCUT2D eigenvalue weighted by Crippen LogP contribution is -2.39. The van der Waals surface area contributed by atoms with Gasteiger partial charge in [0.25, 0.3) is 0 Å². The van der Waals surface area contributed by atoms with Crippen LogP contribution in [0.15, 0.2) is 67.3 Å². The van der Waals surface area contributed by atoms with E-state index in [1.807, 2.05) is 54.0 Å². The summed E-state index contributed by atoms with van der Waals surface area (Å²) in [7, 11) is 0. The molecular weight excluding hydrogens is 326 g/mol. The number of nitrogens with one attached hydrogen (secondary N) is 2. The summed E-state index contributed by atoms with van der Waals surface area (Å²) in [5.41, 5.74) is 3.03. The summed E-state index contributed by atoms with van der Waals surface area (Å²) >= 11 is 0. The predicted molar refractivity (Wildman–Crippen MR) is 102 cm³/mol. The molecule has 2 N–H and O–H groups in total. The van der Waals surface area contributed by atoms with Crippen molar-refractivity contribution in [1.29, 1.82) is 0 Å². The van der Waals surface area contributed by atoms with Gasteiger partial charge in [0.15, 0.2) is 0 Å². The zero-order valence-corrected chi connectivity index (χ0v) is 15.0. The Kier molecular flexibility index (Phi) is 5.63. The van der Waals surface area contributed by atoms with E-state index in [1.165, 1.54) is 5.56 Å². The lowest BCUT2D eigenvalue weighted by molar-refractivity contribution is 0.248. The molecule has 0 unspecified atom stereocenters. The Hall–Kier alpha value is -3.15. The van der Waals surface area contributed by atoms with Crippen molar-refractivity contribution in [2.75, 3.05) is 5.32 Å². The molecule has 0 aliphatic heterocycles. The summed E-state index contributed by atoms with van der Waals surface area (Å²) in [5.74, 6) is 0.224. The third-order valence-electron chi connectivity index (χ3n) is 4.45. The number of aromatic nitrogens is 3. The number of rotatable bonds is 6. The summed E-state index contributed by atoms with van der Waals surface area (Å²) in [4.78, 5) is 12.3. The number of anilines is 1. The molecule has 0 saturated carbocycles. The minimum atomic E-state index is -0.207. The third-order valence-corrected chi connectivity index (χ3v) is 4.45. The van der Waals surface area contributed by atoms with Gasteiger partial charge >= 0.3 is 6.03 Å². The van der Waals surface area contributed by atoms with Crippen molar-refractivity contribution >= 4 is 11.7 Å². The normalized spacial score (nSPS) is 13.0. The largest absolute Gasteiger partial charge is 0.335 e. The fraction of sp³-hybridized carbons (Fsp3) is 0.250. The second kappa shape index (κ2) is 8.29. The molecule has 2 amide bonds. The first kappa shape index (κ1) is 17.7. The number of hydrogen-bond acceptors (Lipinski definition) is 3. The van der Waals surface area contributed by atoms with Gasteiger partial charge in [-0.05, 0) is 30.2 Å². The van der Waals surface area contributed by atoms with Crippen LogP contribution in [0.2, 0.25) is 0 Å². The van der Waals surface area contributed by atoms with Crippen LogP contribution in [0.5, 0.6) is 0 Å². The minimum Gasteiger partial charge on any atom is -0.335 e. The molecule has 3 aromatic rings. The maximum atomic E-state index is 12.3. The van der Waals surface area contributed by atoms with E-state index in [2.05, 4.69) is 39.9 Å². The quantitative estimate of drug-likeness (QED) is 0.714. The highest BCUT2D eigenvalue weighted by molar-refractivity contribution is 5.89. The number of benzene rings is 2. The molecule has 2 atom stereocenters. The molecule has 0 aliphatic carbocycles. The molecule has 0 aliphatic rings. The maximum absolute atomic E-state index is 12.3. The predicted octanol–water partition coefficient (Wildman–Crippen LogP) is 3.64. The Morgan fingerprint density at radius 3 is 2.50 bits per heavy atom. The van der Waals surface area contributed by atoms with Crippen molar-refractivity contribution in [3.63, 3.8) is 0 Å². The zero-order chi connectivity index (χ0) is 18.4. The van der Waals surface area contributed by atoms with E-state index in [1.54, 1.807) is 12.7 Å². The number of hydrogen-bond donors (Lipinski definition) is 2. The van der Waals surface area contributed by atoms with Crippen LogP contribution in [0, 0.1) is 0 Å². The molecule has 0 bridgehead atoms. The highest BCUT2D eigenvalue weighted by atomic mass is 16.2. The van der Waals surface area contributed by atoms with Gasteiger partial charge in [0, 0.05) is 17.6 Å². The van der Waals surface area contributed by atoms with E-state index >= 15 is 0 Å². The average Bonchev–Trinajstić information content (AvgIpc) is 3.15. The second-order valence-corrected chi connectivity index (χ2v) is 6.42. The summed E-state index contributed by atoms with van der Waals surface area (Å²) in [5, 5.41) is 13.5. The van der Waals surface area contributed by atoms with Crippen LogP contribution in [0.1, 0.15) is 30.9 Å². The molecule has 1 aromatic heterocycles. The van der Waals surface area contributed by atoms with Gasteiger partial charge in [0.05, 0.1) is 6.54 Å². The number of carbonyl (C=O) groups is 1. The van der Waals surface area contributed by atoms with Gasteiger partial charge in [-0.25, -0.2) is 4.79 Å². The molecule has 134 valence electrons. The van der Waals surface area contributed by atoms with E-state index in [0.29, 0.717) is 6.54 Å². The van der Waals surface area contributed by atoms with Crippen LogP contribution in [-0.2, 0) is 6.54 Å². The summed E-state index contributed by atoms with van der Waals surface area (Å²) < 4.78 is 1.88. The van der Waals surface area contributed by atoms with Crippen molar-refractivity contribution in [1.82, 2.24) is 20.1 Å². The van der Waals surface area contributed by atoms with Crippen LogP contribution < -0.4 is 10.6 Å². The lowest BCUT2D eigenvalue weighted by atomic mass is 9.95. The molecule has 0 fully saturated rings. The highest BCUT2D eigenvalue weighted by Crippen LogP contribution is 2.19. The van der Waals surface area contributed by atoms with Gasteiger partial charge in [-0.3, -0.25) is 0 Å². The fourth-order valence-corrected chi connectivity index (χ4v) is 2.81. The maximum Gasteiger partial charge on any atom is 0.319 e. The zero-order valence-electron chi connectivity index (χ0n) is 15.0. The molecule has 0 radical (unpaired) electrons. The topological polar surface area (TPSA) is 71.8 Å². The SMILES string of the molecule is C[C@@H](NC(=O)Nc1cccc(Cn2cnnc2)c1)[C@@H](C)c1ccccc1. The number of amides is 2. The molecule has 3 rings (SSSR count). The minimum absolute atomic E-state index is 0.0117. The van der Waals surface area contributed by atoms with Crippen LogP contribution >= 0.6 is 0 Å². The van der Waals surface area contributed by atoms with Crippen molar-refractivity contribution in [3.8, 4) is 0 Å². The Morgan fingerprint density at radius 1 is 1.04 bits per heavy atom. The van der Waals surface area contributed by atoms with E-state index in [-0.39, 0.29) is 18.0 Å². The molecule has 1 heterocycles. The molecule has 6 nitrogen and oxygen atoms in total. The summed E-state index contributed by atoms with van der Waals surface area (Å²) in [6.45, 7) is 4.78. The van der Waals surface area contributed by atoms with E-state index < -0.39 is 0 Å². The number of carbonyl (C=O) groups excluding carboxylic acids is 1. The first-order valence-corrected chi connectivity index (χ1v) is 8.65. The van der Waals surface area contributed by atoms with Gasteiger partial charge in [-0.1, -0.05) is 49.4 Å². The van der Waals surface area contributed by atoms with Gasteiger partial charge < -0.3 is 15.2 Å². The van der Waals surface area contributed by atoms with Crippen LogP contribution in [-0.4, -0.2) is 26.8 Å². The van der Waals surface area contributed by atoms with Crippen molar-refractivity contribution in [2.24, 2.45) is 0 Å². The Bertz CT molecular complexity index is 832. The Labute approximate surface area is 153 Å². The smallest absolute Gasteiger partial charge is 0.319 e. The van der Waals surface area contributed by atoms with Crippen molar-refractivity contribution < 1.29 is 4.79 Å². The Balaban J connectivity index is 1.57. The standard InChI is InChI=1S/C20H23N5O/c1-15(18-8-4-3-5-9-18)16(2)23-20(26)24-19-10-6-7-17(11-19)12-25-13-21-22-14-25/h3-11,13-16H,12H2,1-2H3,(H2,23,24,26)/t15-,16-/m1/s1. The number of urea groups is 1. The van der Waals surface area contributed by atoms with Crippen molar-refractivity contribution in [3.05, 3.63) is 78.4 Å². The molecule has 0 spiro atoms. The molecule has 6 heteroatoms. The first-order chi connectivity index (χ1) is 12.6. The van der Waals surface area contributed by atoms with E-state index in [4.69, 9.17) is 0 Å². The van der Waals surface area contributed by atoms with E-state index in [0.717, 1.165) is 11.3 Å². The van der Waals surface area contributed by atoms with E-state index in [9.17, 15) is 4.79 Å². The highest BCUT2D eigenvalue weighted by Gasteiger charge is 2.16. The second-order valence-electron chi connectivity index (χ2n) is 6.42. The Morgan fingerprint density at radius 2 is 1.77 bits per heavy atom. The summed E-state index contributed by atoms with van der Waals surface area (Å²) in [6, 6.07) is 17.7. The molecule has 2 aromatic carbocycles. The summed E-state index contributed by atoms with van der Waals surface area (Å²) in [6.07, 6.45) is 3.33. The first-order valence-electron chi connectivity index (χ1n) is 8.65. The van der Waals surface area contributed by atoms with Crippen LogP contribution in [0.25, 0.3) is 0 Å². The molecule has 0 saturated heterocycles. The average molecular weight is 349 g/mol. The lowest BCUT2D eigenvalue weighted by Gasteiger charge is -2.22. The van der Waals surface area contributed by atoms with Gasteiger partial charge in [0.1, 0.15) is 12.7 Å². The molecule has 26 heavy (non-hydrogen) atoms. The number of nitrogens with zero attached hydrogens (tertiary/aromatic N) is 3. The van der Waals surface area contributed by atoms with Crippen LogP contribution in [0.3, 0.4) is 0 Å².